The van der Waals surface area contributed by atoms with Crippen molar-refractivity contribution in [2.24, 2.45) is 5.92 Å². The van der Waals surface area contributed by atoms with Crippen molar-refractivity contribution in [3.63, 3.8) is 0 Å². The van der Waals surface area contributed by atoms with Gasteiger partial charge in [0.1, 0.15) is 17.5 Å². The van der Waals surface area contributed by atoms with E-state index in [4.69, 9.17) is 0 Å². The highest BCUT2D eigenvalue weighted by atomic mass is 19.1. The van der Waals surface area contributed by atoms with Crippen molar-refractivity contribution in [1.29, 1.82) is 0 Å². The largest absolute Gasteiger partial charge is 0.356 e. The van der Waals surface area contributed by atoms with Gasteiger partial charge in [0.25, 0.3) is 0 Å². The lowest BCUT2D eigenvalue weighted by Gasteiger charge is -2.32. The van der Waals surface area contributed by atoms with Gasteiger partial charge in [-0.05, 0) is 49.9 Å². The maximum atomic E-state index is 13.2. The molecule has 1 aliphatic heterocycles. The van der Waals surface area contributed by atoms with Gasteiger partial charge in [0.15, 0.2) is 5.65 Å². The Morgan fingerprint density at radius 1 is 1.17 bits per heavy atom. The van der Waals surface area contributed by atoms with Crippen LogP contribution in [0.25, 0.3) is 16.7 Å². The standard InChI is InChI=1S/C18H20FN5/c1-12-4-3-9-23(11-12)17-16-10-20-24(18(16)22-13(2)21-17)15-7-5-14(19)6-8-15/h5-8,10,12H,3-4,9,11H2,1-2H3/t12-/m1/s1. The molecule has 4 rings (SSSR count). The molecule has 5 nitrogen and oxygen atoms in total. The molecule has 6 heteroatoms. The lowest BCUT2D eigenvalue weighted by atomic mass is 10.0. The lowest BCUT2D eigenvalue weighted by molar-refractivity contribution is 0.445. The van der Waals surface area contributed by atoms with Crippen molar-refractivity contribution in [2.75, 3.05) is 18.0 Å². The first-order chi connectivity index (χ1) is 11.6. The van der Waals surface area contributed by atoms with Crippen molar-refractivity contribution < 1.29 is 4.39 Å². The van der Waals surface area contributed by atoms with E-state index >= 15 is 0 Å². The Kier molecular flexibility index (Phi) is 3.67. The monoisotopic (exact) mass is 325 g/mol. The molecule has 3 heterocycles. The summed E-state index contributed by atoms with van der Waals surface area (Å²) in [6.45, 7) is 6.20. The summed E-state index contributed by atoms with van der Waals surface area (Å²) in [6, 6.07) is 6.29. The van der Waals surface area contributed by atoms with Crippen molar-refractivity contribution >= 4 is 16.9 Å². The molecule has 1 aliphatic rings. The summed E-state index contributed by atoms with van der Waals surface area (Å²) in [6.07, 6.45) is 4.25. The Balaban J connectivity index is 1.83. The zero-order valence-corrected chi connectivity index (χ0v) is 13.9. The summed E-state index contributed by atoms with van der Waals surface area (Å²) in [7, 11) is 0. The average molecular weight is 325 g/mol. The second-order valence-corrected chi connectivity index (χ2v) is 6.56. The van der Waals surface area contributed by atoms with Crippen LogP contribution >= 0.6 is 0 Å². The third kappa shape index (κ3) is 2.62. The summed E-state index contributed by atoms with van der Waals surface area (Å²) in [5.41, 5.74) is 1.56. The number of hydrogen-bond donors (Lipinski definition) is 0. The number of halogens is 1. The van der Waals surface area contributed by atoms with E-state index in [1.807, 2.05) is 13.1 Å². The molecule has 1 atom stereocenters. The quantitative estimate of drug-likeness (QED) is 0.723. The van der Waals surface area contributed by atoms with Gasteiger partial charge in [0.2, 0.25) is 0 Å². The Bertz CT molecular complexity index is 871. The summed E-state index contributed by atoms with van der Waals surface area (Å²) in [4.78, 5) is 11.6. The number of aryl methyl sites for hydroxylation is 1. The van der Waals surface area contributed by atoms with Crippen LogP contribution in [-0.4, -0.2) is 32.8 Å². The van der Waals surface area contributed by atoms with Crippen LogP contribution in [0.4, 0.5) is 10.2 Å². The predicted octanol–water partition coefficient (Wildman–Crippen LogP) is 3.50. The lowest BCUT2D eigenvalue weighted by Crippen LogP contribution is -2.35. The van der Waals surface area contributed by atoms with E-state index in [2.05, 4.69) is 26.9 Å². The molecule has 2 aromatic heterocycles. The molecule has 0 saturated carbocycles. The molecule has 3 aromatic rings. The third-order valence-electron chi connectivity index (χ3n) is 4.55. The van der Waals surface area contributed by atoms with Gasteiger partial charge in [0, 0.05) is 13.1 Å². The predicted molar refractivity (Wildman–Crippen MR) is 92.0 cm³/mol. The maximum Gasteiger partial charge on any atom is 0.168 e. The Morgan fingerprint density at radius 2 is 1.96 bits per heavy atom. The Hall–Kier alpha value is -2.50. The normalized spacial score (nSPS) is 18.3. The molecule has 124 valence electrons. The maximum absolute atomic E-state index is 13.2. The van der Waals surface area contributed by atoms with Crippen LogP contribution in [-0.2, 0) is 0 Å². The molecule has 1 saturated heterocycles. The SMILES string of the molecule is Cc1nc(N2CCC[C@@H](C)C2)c2cnn(-c3ccc(F)cc3)c2n1. The van der Waals surface area contributed by atoms with Crippen LogP contribution in [0.1, 0.15) is 25.6 Å². The van der Waals surface area contributed by atoms with E-state index in [-0.39, 0.29) is 5.82 Å². The Morgan fingerprint density at radius 3 is 2.71 bits per heavy atom. The zero-order chi connectivity index (χ0) is 16.7. The first kappa shape index (κ1) is 15.1. The van der Waals surface area contributed by atoms with E-state index in [1.54, 1.807) is 16.8 Å². The van der Waals surface area contributed by atoms with Gasteiger partial charge in [0.05, 0.1) is 17.3 Å². The summed E-state index contributed by atoms with van der Waals surface area (Å²) in [5, 5.41) is 5.42. The van der Waals surface area contributed by atoms with Gasteiger partial charge in [-0.15, -0.1) is 0 Å². The van der Waals surface area contributed by atoms with Gasteiger partial charge in [-0.1, -0.05) is 6.92 Å². The van der Waals surface area contributed by atoms with Crippen LogP contribution in [0.2, 0.25) is 0 Å². The molecule has 0 spiro atoms. The average Bonchev–Trinajstić information content (AvgIpc) is 2.98. The summed E-state index contributed by atoms with van der Waals surface area (Å²) < 4.78 is 14.9. The zero-order valence-electron chi connectivity index (χ0n) is 13.9. The first-order valence-electron chi connectivity index (χ1n) is 8.35. The molecule has 0 unspecified atom stereocenters. The topological polar surface area (TPSA) is 46.8 Å². The third-order valence-corrected chi connectivity index (χ3v) is 4.55. The molecule has 1 fully saturated rings. The molecule has 1 aromatic carbocycles. The van der Waals surface area contributed by atoms with E-state index < -0.39 is 0 Å². The van der Waals surface area contributed by atoms with E-state index in [0.717, 1.165) is 41.5 Å². The fraction of sp³-hybridized carbons (Fsp3) is 0.389. The first-order valence-corrected chi connectivity index (χ1v) is 8.35. The molecular weight excluding hydrogens is 305 g/mol. The Labute approximate surface area is 140 Å². The molecule has 0 aliphatic carbocycles. The van der Waals surface area contributed by atoms with Crippen LogP contribution in [0.3, 0.4) is 0 Å². The smallest absolute Gasteiger partial charge is 0.168 e. The number of rotatable bonds is 2. The number of piperidine rings is 1. The van der Waals surface area contributed by atoms with Gasteiger partial charge >= 0.3 is 0 Å². The highest BCUT2D eigenvalue weighted by Crippen LogP contribution is 2.29. The van der Waals surface area contributed by atoms with Crippen LogP contribution in [0.5, 0.6) is 0 Å². The highest BCUT2D eigenvalue weighted by Gasteiger charge is 2.22. The molecule has 0 N–H and O–H groups in total. The van der Waals surface area contributed by atoms with E-state index in [1.165, 1.54) is 25.0 Å². The van der Waals surface area contributed by atoms with E-state index in [9.17, 15) is 4.39 Å². The van der Waals surface area contributed by atoms with E-state index in [0.29, 0.717) is 5.92 Å². The van der Waals surface area contributed by atoms with Crippen LogP contribution in [0, 0.1) is 18.7 Å². The van der Waals surface area contributed by atoms with Gasteiger partial charge in [-0.2, -0.15) is 5.10 Å². The highest BCUT2D eigenvalue weighted by molar-refractivity contribution is 5.88. The minimum absolute atomic E-state index is 0.260. The molecular formula is C18H20FN5. The number of aromatic nitrogens is 4. The van der Waals surface area contributed by atoms with Crippen molar-refractivity contribution in [3.8, 4) is 5.69 Å². The van der Waals surface area contributed by atoms with Gasteiger partial charge < -0.3 is 4.90 Å². The number of hydrogen-bond acceptors (Lipinski definition) is 4. The number of fused-ring (bicyclic) bond motifs is 1. The number of nitrogens with zero attached hydrogens (tertiary/aromatic N) is 5. The molecule has 0 radical (unpaired) electrons. The van der Waals surface area contributed by atoms with Crippen LogP contribution in [0.15, 0.2) is 30.5 Å². The minimum atomic E-state index is -0.260. The van der Waals surface area contributed by atoms with Crippen molar-refractivity contribution in [3.05, 3.63) is 42.1 Å². The number of benzene rings is 1. The van der Waals surface area contributed by atoms with Crippen molar-refractivity contribution in [1.82, 2.24) is 19.7 Å². The fourth-order valence-corrected chi connectivity index (χ4v) is 3.39. The van der Waals surface area contributed by atoms with Crippen molar-refractivity contribution in [2.45, 2.75) is 26.7 Å². The van der Waals surface area contributed by atoms with Crippen LogP contribution < -0.4 is 4.90 Å². The molecule has 0 bridgehead atoms. The summed E-state index contributed by atoms with van der Waals surface area (Å²) in [5.74, 6) is 2.08. The van der Waals surface area contributed by atoms with Gasteiger partial charge in [-0.3, -0.25) is 0 Å². The second kappa shape index (κ2) is 5.85. The minimum Gasteiger partial charge on any atom is -0.356 e. The van der Waals surface area contributed by atoms with Gasteiger partial charge in [-0.25, -0.2) is 19.0 Å². The number of anilines is 1. The molecule has 0 amide bonds. The molecule has 24 heavy (non-hydrogen) atoms. The fourth-order valence-electron chi connectivity index (χ4n) is 3.39. The summed E-state index contributed by atoms with van der Waals surface area (Å²) >= 11 is 0. The second-order valence-electron chi connectivity index (χ2n) is 6.56.